The molecule has 7 heteroatoms. The van der Waals surface area contributed by atoms with E-state index in [9.17, 15) is 14.7 Å². The molecule has 0 saturated heterocycles. The number of amides is 2. The van der Waals surface area contributed by atoms with Gasteiger partial charge in [-0.2, -0.15) is 5.10 Å². The van der Waals surface area contributed by atoms with Crippen LogP contribution in [-0.4, -0.2) is 36.2 Å². The Bertz CT molecular complexity index is 1170. The molecule has 0 spiro atoms. The van der Waals surface area contributed by atoms with Gasteiger partial charge in [-0.25, -0.2) is 5.43 Å². The summed E-state index contributed by atoms with van der Waals surface area (Å²) in [5.41, 5.74) is 5.16. The maximum atomic E-state index is 12.9. The number of aromatic hydroxyl groups is 1. The highest BCUT2D eigenvalue weighted by atomic mass is 16.3. The molecule has 3 N–H and O–H groups in total. The Kier molecular flexibility index (Phi) is 8.57. The van der Waals surface area contributed by atoms with Crippen LogP contribution >= 0.6 is 0 Å². The summed E-state index contributed by atoms with van der Waals surface area (Å²) in [6, 6.07) is 23.0. The fourth-order valence-electron chi connectivity index (χ4n) is 3.30. The Hall–Kier alpha value is -4.39. The molecular weight excluding hydrogens is 428 g/mol. The van der Waals surface area contributed by atoms with Crippen LogP contribution in [0, 0.1) is 0 Å². The lowest BCUT2D eigenvalue weighted by molar-refractivity contribution is -0.117. The molecule has 0 bridgehead atoms. The molecule has 3 aromatic rings. The molecule has 0 aliphatic carbocycles. The number of phenols is 1. The number of phenolic OH excluding ortho intramolecular Hbond substituents is 1. The topological polar surface area (TPSA) is 94.0 Å². The van der Waals surface area contributed by atoms with Crippen molar-refractivity contribution in [1.82, 2.24) is 10.7 Å². The summed E-state index contributed by atoms with van der Waals surface area (Å²) in [4.78, 5) is 27.8. The average molecular weight is 457 g/mol. The predicted molar refractivity (Wildman–Crippen MR) is 136 cm³/mol. The van der Waals surface area contributed by atoms with Crippen molar-refractivity contribution in [1.29, 1.82) is 0 Å². The minimum Gasteiger partial charge on any atom is -0.507 e. The Morgan fingerprint density at radius 1 is 0.912 bits per heavy atom. The van der Waals surface area contributed by atoms with E-state index in [0.717, 1.165) is 24.3 Å². The van der Waals surface area contributed by atoms with Crippen LogP contribution in [0.2, 0.25) is 0 Å². The van der Waals surface area contributed by atoms with Crippen molar-refractivity contribution in [3.8, 4) is 5.75 Å². The number of hydrogen-bond donors (Lipinski definition) is 3. The number of benzene rings is 3. The van der Waals surface area contributed by atoms with Crippen LogP contribution < -0.4 is 15.6 Å². The van der Waals surface area contributed by atoms with Gasteiger partial charge >= 0.3 is 0 Å². The molecule has 0 saturated carbocycles. The lowest BCUT2D eigenvalue weighted by Gasteiger charge is -2.20. The molecule has 0 aromatic heterocycles. The first-order valence-corrected chi connectivity index (χ1v) is 11.1. The molecule has 34 heavy (non-hydrogen) atoms. The highest BCUT2D eigenvalue weighted by Gasteiger charge is 2.14. The maximum Gasteiger partial charge on any atom is 0.287 e. The summed E-state index contributed by atoms with van der Waals surface area (Å²) in [7, 11) is 0. The number of hydrogen-bond acceptors (Lipinski definition) is 5. The van der Waals surface area contributed by atoms with Gasteiger partial charge in [-0.15, -0.1) is 0 Å². The average Bonchev–Trinajstić information content (AvgIpc) is 2.87. The van der Waals surface area contributed by atoms with E-state index in [0.29, 0.717) is 11.1 Å². The molecule has 0 radical (unpaired) electrons. The second kappa shape index (κ2) is 12.0. The molecule has 0 aliphatic rings. The van der Waals surface area contributed by atoms with Gasteiger partial charge in [-0.1, -0.05) is 42.5 Å². The van der Waals surface area contributed by atoms with Crippen molar-refractivity contribution in [3.05, 3.63) is 101 Å². The molecule has 7 nitrogen and oxygen atoms in total. The smallest absolute Gasteiger partial charge is 0.287 e. The SMILES string of the molecule is CCN(CC)c1ccc(/C=C(/NC(=O)c2ccccc2)C(=O)NN=Cc2ccccc2O)cc1. The van der Waals surface area contributed by atoms with Gasteiger partial charge in [0.25, 0.3) is 11.8 Å². The zero-order valence-electron chi connectivity index (χ0n) is 19.2. The van der Waals surface area contributed by atoms with E-state index in [2.05, 4.69) is 34.6 Å². The second-order valence-electron chi connectivity index (χ2n) is 7.40. The lowest BCUT2D eigenvalue weighted by Crippen LogP contribution is -2.32. The highest BCUT2D eigenvalue weighted by Crippen LogP contribution is 2.17. The van der Waals surface area contributed by atoms with Gasteiger partial charge < -0.3 is 15.3 Å². The van der Waals surface area contributed by atoms with E-state index >= 15 is 0 Å². The van der Waals surface area contributed by atoms with Crippen LogP contribution in [0.5, 0.6) is 5.75 Å². The minimum absolute atomic E-state index is 0.0406. The van der Waals surface area contributed by atoms with E-state index in [-0.39, 0.29) is 11.4 Å². The third-order valence-electron chi connectivity index (χ3n) is 5.17. The predicted octanol–water partition coefficient (Wildman–Crippen LogP) is 4.16. The Labute approximate surface area is 199 Å². The third kappa shape index (κ3) is 6.56. The van der Waals surface area contributed by atoms with Crippen LogP contribution in [0.25, 0.3) is 6.08 Å². The van der Waals surface area contributed by atoms with Gasteiger partial charge in [0.2, 0.25) is 0 Å². The van der Waals surface area contributed by atoms with Crippen molar-refractivity contribution in [2.75, 3.05) is 18.0 Å². The number of para-hydroxylation sites is 1. The first-order valence-electron chi connectivity index (χ1n) is 11.1. The first kappa shape index (κ1) is 24.3. The van der Waals surface area contributed by atoms with Gasteiger partial charge in [-0.3, -0.25) is 9.59 Å². The molecular formula is C27H28N4O3. The number of anilines is 1. The van der Waals surface area contributed by atoms with Crippen LogP contribution in [0.1, 0.15) is 35.3 Å². The zero-order chi connectivity index (χ0) is 24.3. The van der Waals surface area contributed by atoms with Gasteiger partial charge in [0, 0.05) is 29.9 Å². The normalized spacial score (nSPS) is 11.3. The molecule has 0 fully saturated rings. The summed E-state index contributed by atoms with van der Waals surface area (Å²) >= 11 is 0. The Balaban J connectivity index is 1.83. The van der Waals surface area contributed by atoms with Gasteiger partial charge in [0.05, 0.1) is 6.21 Å². The summed E-state index contributed by atoms with van der Waals surface area (Å²) < 4.78 is 0. The van der Waals surface area contributed by atoms with Crippen molar-refractivity contribution in [3.63, 3.8) is 0 Å². The standard InChI is InChI=1S/C27H28N4O3/c1-3-31(4-2)23-16-14-20(15-17-23)18-24(29-26(33)21-10-6-5-7-11-21)27(34)30-28-19-22-12-8-9-13-25(22)32/h5-19,32H,3-4H2,1-2H3,(H,29,33)(H,30,34)/b24-18+,28-19?. The quantitative estimate of drug-likeness (QED) is 0.256. The fraction of sp³-hybridized carbons (Fsp3) is 0.148. The van der Waals surface area contributed by atoms with Gasteiger partial charge in [0.1, 0.15) is 11.4 Å². The van der Waals surface area contributed by atoms with E-state index < -0.39 is 11.8 Å². The van der Waals surface area contributed by atoms with Crippen molar-refractivity contribution in [2.24, 2.45) is 5.10 Å². The third-order valence-corrected chi connectivity index (χ3v) is 5.17. The fourth-order valence-corrected chi connectivity index (χ4v) is 3.30. The summed E-state index contributed by atoms with van der Waals surface area (Å²) in [5, 5.41) is 16.4. The molecule has 0 heterocycles. The van der Waals surface area contributed by atoms with Crippen LogP contribution in [0.4, 0.5) is 5.69 Å². The number of nitrogens with one attached hydrogen (secondary N) is 2. The van der Waals surface area contributed by atoms with Crippen molar-refractivity contribution < 1.29 is 14.7 Å². The van der Waals surface area contributed by atoms with Crippen molar-refractivity contribution >= 4 is 29.8 Å². The number of carbonyl (C=O) groups is 2. The molecule has 3 aromatic carbocycles. The molecule has 0 unspecified atom stereocenters. The van der Waals surface area contributed by atoms with E-state index in [1.807, 2.05) is 30.3 Å². The molecule has 2 amide bonds. The number of carbonyl (C=O) groups excluding carboxylic acids is 2. The van der Waals surface area contributed by atoms with E-state index in [1.54, 1.807) is 48.5 Å². The minimum atomic E-state index is -0.594. The monoisotopic (exact) mass is 456 g/mol. The van der Waals surface area contributed by atoms with E-state index in [1.165, 1.54) is 12.3 Å². The van der Waals surface area contributed by atoms with Gasteiger partial charge in [-0.05, 0) is 61.9 Å². The number of nitrogens with zero attached hydrogens (tertiary/aromatic N) is 2. The highest BCUT2D eigenvalue weighted by molar-refractivity contribution is 6.05. The summed E-state index contributed by atoms with van der Waals surface area (Å²) in [6.07, 6.45) is 2.93. The van der Waals surface area contributed by atoms with Gasteiger partial charge in [0.15, 0.2) is 0 Å². The van der Waals surface area contributed by atoms with E-state index in [4.69, 9.17) is 0 Å². The zero-order valence-corrected chi connectivity index (χ0v) is 19.2. The molecule has 0 atom stereocenters. The largest absolute Gasteiger partial charge is 0.507 e. The first-order chi connectivity index (χ1) is 16.5. The molecule has 0 aliphatic heterocycles. The number of rotatable bonds is 9. The van der Waals surface area contributed by atoms with Crippen LogP contribution in [0.15, 0.2) is 89.7 Å². The van der Waals surface area contributed by atoms with Crippen LogP contribution in [0.3, 0.4) is 0 Å². The van der Waals surface area contributed by atoms with Crippen LogP contribution in [-0.2, 0) is 4.79 Å². The summed E-state index contributed by atoms with van der Waals surface area (Å²) in [6.45, 7) is 5.96. The Morgan fingerprint density at radius 2 is 1.56 bits per heavy atom. The lowest BCUT2D eigenvalue weighted by atomic mass is 10.1. The Morgan fingerprint density at radius 3 is 2.21 bits per heavy atom. The number of hydrazone groups is 1. The second-order valence-corrected chi connectivity index (χ2v) is 7.40. The van der Waals surface area contributed by atoms with Crippen molar-refractivity contribution in [2.45, 2.75) is 13.8 Å². The molecule has 3 rings (SSSR count). The summed E-state index contributed by atoms with van der Waals surface area (Å²) in [5.74, 6) is -0.961. The molecule has 174 valence electrons. The maximum absolute atomic E-state index is 12.9.